The molecule has 7 nitrogen and oxygen atoms in total. The van der Waals surface area contributed by atoms with Gasteiger partial charge in [-0.05, 0) is 56.1 Å². The van der Waals surface area contributed by atoms with Crippen LogP contribution in [-0.4, -0.2) is 23.2 Å². The standard InChI is InChI=1S/C20H21N4O3P/c1-14-11-16(28(2,3)27)9-10-17(14)23-20-12-18(19(13-21-20)24(25)26)22-15-7-5-4-6-8-15/h4-13H,1-3H3,(H2,21,22,23). The fourth-order valence-corrected chi connectivity index (χ4v) is 3.64. The molecule has 0 amide bonds. The topological polar surface area (TPSA) is 97.2 Å². The van der Waals surface area contributed by atoms with Crippen LogP contribution in [0.5, 0.6) is 0 Å². The van der Waals surface area contributed by atoms with Gasteiger partial charge in [0.25, 0.3) is 0 Å². The lowest BCUT2D eigenvalue weighted by molar-refractivity contribution is -0.384. The zero-order chi connectivity index (χ0) is 20.3. The van der Waals surface area contributed by atoms with Crippen molar-refractivity contribution < 1.29 is 9.49 Å². The number of hydrogen-bond acceptors (Lipinski definition) is 6. The number of benzene rings is 2. The molecule has 0 fully saturated rings. The Labute approximate surface area is 163 Å². The van der Waals surface area contributed by atoms with E-state index in [1.807, 2.05) is 55.5 Å². The summed E-state index contributed by atoms with van der Waals surface area (Å²) in [5, 5.41) is 18.4. The molecule has 0 radical (unpaired) electrons. The maximum absolute atomic E-state index is 12.3. The fourth-order valence-electron chi connectivity index (χ4n) is 2.70. The van der Waals surface area contributed by atoms with E-state index in [-0.39, 0.29) is 5.69 Å². The molecule has 0 atom stereocenters. The van der Waals surface area contributed by atoms with Gasteiger partial charge in [0, 0.05) is 22.7 Å². The summed E-state index contributed by atoms with van der Waals surface area (Å²) in [5.41, 5.74) is 2.68. The third kappa shape index (κ3) is 4.56. The molecule has 2 N–H and O–H groups in total. The van der Waals surface area contributed by atoms with Gasteiger partial charge in [-0.15, -0.1) is 0 Å². The summed E-state index contributed by atoms with van der Waals surface area (Å²) in [6.07, 6.45) is 1.23. The number of para-hydroxylation sites is 1. The molecule has 0 saturated carbocycles. The number of hydrogen-bond donors (Lipinski definition) is 2. The SMILES string of the molecule is Cc1cc(P(C)(C)=O)ccc1Nc1cc(Nc2ccccc2)c([N+](=O)[O-])cn1. The second-order valence-corrected chi connectivity index (χ2v) is 10.0. The highest BCUT2D eigenvalue weighted by atomic mass is 31.2. The van der Waals surface area contributed by atoms with Crippen LogP contribution < -0.4 is 15.9 Å². The van der Waals surface area contributed by atoms with Crippen molar-refractivity contribution in [2.24, 2.45) is 0 Å². The normalized spacial score (nSPS) is 11.1. The molecule has 28 heavy (non-hydrogen) atoms. The molecule has 8 heteroatoms. The van der Waals surface area contributed by atoms with E-state index < -0.39 is 12.1 Å². The third-order valence-corrected chi connectivity index (χ3v) is 5.75. The number of aryl methyl sites for hydroxylation is 1. The summed E-state index contributed by atoms with van der Waals surface area (Å²) in [4.78, 5) is 15.0. The van der Waals surface area contributed by atoms with E-state index in [9.17, 15) is 14.7 Å². The van der Waals surface area contributed by atoms with Crippen molar-refractivity contribution >= 4 is 41.0 Å². The maximum Gasteiger partial charge on any atom is 0.310 e. The first-order chi connectivity index (χ1) is 13.2. The quantitative estimate of drug-likeness (QED) is 0.344. The molecule has 1 heterocycles. The smallest absolute Gasteiger partial charge is 0.310 e. The number of aromatic nitrogens is 1. The van der Waals surface area contributed by atoms with E-state index >= 15 is 0 Å². The van der Waals surface area contributed by atoms with Crippen molar-refractivity contribution in [3.63, 3.8) is 0 Å². The van der Waals surface area contributed by atoms with E-state index in [0.717, 1.165) is 22.2 Å². The predicted molar refractivity (Wildman–Crippen MR) is 114 cm³/mol. The van der Waals surface area contributed by atoms with Crippen molar-refractivity contribution in [3.8, 4) is 0 Å². The Morgan fingerprint density at radius 1 is 1.00 bits per heavy atom. The Morgan fingerprint density at radius 2 is 1.71 bits per heavy atom. The van der Waals surface area contributed by atoms with E-state index in [2.05, 4.69) is 15.6 Å². The Kier molecular flexibility index (Phi) is 5.47. The molecule has 2 aromatic carbocycles. The Bertz CT molecular complexity index is 1060. The van der Waals surface area contributed by atoms with E-state index in [4.69, 9.17) is 0 Å². The molecule has 0 aliphatic rings. The van der Waals surface area contributed by atoms with Crippen molar-refractivity contribution in [1.29, 1.82) is 0 Å². The van der Waals surface area contributed by atoms with Gasteiger partial charge >= 0.3 is 5.69 Å². The summed E-state index contributed by atoms with van der Waals surface area (Å²) in [6.45, 7) is 5.37. The van der Waals surface area contributed by atoms with Gasteiger partial charge in [0.2, 0.25) is 0 Å². The van der Waals surface area contributed by atoms with Gasteiger partial charge in [-0.3, -0.25) is 10.1 Å². The zero-order valence-electron chi connectivity index (χ0n) is 15.8. The van der Waals surface area contributed by atoms with Gasteiger partial charge in [-0.2, -0.15) is 0 Å². The first-order valence-electron chi connectivity index (χ1n) is 8.64. The monoisotopic (exact) mass is 396 g/mol. The minimum atomic E-state index is -2.34. The Morgan fingerprint density at radius 3 is 2.32 bits per heavy atom. The molecule has 0 unspecified atom stereocenters. The molecule has 1 aromatic heterocycles. The van der Waals surface area contributed by atoms with Crippen molar-refractivity contribution in [2.45, 2.75) is 6.92 Å². The number of pyridine rings is 1. The number of nitrogens with one attached hydrogen (secondary N) is 2. The van der Waals surface area contributed by atoms with Crippen LogP contribution in [0.2, 0.25) is 0 Å². The van der Waals surface area contributed by atoms with Crippen molar-refractivity contribution in [1.82, 2.24) is 4.98 Å². The first kappa shape index (κ1) is 19.6. The lowest BCUT2D eigenvalue weighted by Crippen LogP contribution is -2.06. The van der Waals surface area contributed by atoms with Crippen molar-refractivity contribution in [3.05, 3.63) is 76.5 Å². The van der Waals surface area contributed by atoms with Crippen LogP contribution in [0.25, 0.3) is 0 Å². The molecule has 3 rings (SSSR count). The van der Waals surface area contributed by atoms with E-state index in [0.29, 0.717) is 11.5 Å². The maximum atomic E-state index is 12.3. The first-order valence-corrected chi connectivity index (χ1v) is 11.2. The minimum Gasteiger partial charge on any atom is -0.350 e. The molecule has 0 aliphatic carbocycles. The van der Waals surface area contributed by atoms with Gasteiger partial charge in [-0.25, -0.2) is 4.98 Å². The third-order valence-electron chi connectivity index (χ3n) is 4.23. The van der Waals surface area contributed by atoms with Crippen LogP contribution in [0, 0.1) is 17.0 Å². The van der Waals surface area contributed by atoms with Crippen LogP contribution >= 0.6 is 7.14 Å². The molecule has 0 bridgehead atoms. The average molecular weight is 396 g/mol. The number of anilines is 4. The summed E-state index contributed by atoms with van der Waals surface area (Å²) < 4.78 is 12.3. The van der Waals surface area contributed by atoms with Gasteiger partial charge < -0.3 is 15.2 Å². The van der Waals surface area contributed by atoms with Crippen LogP contribution in [0.4, 0.5) is 28.6 Å². The lowest BCUT2D eigenvalue weighted by atomic mass is 10.2. The van der Waals surface area contributed by atoms with Gasteiger partial charge in [0.05, 0.1) is 4.92 Å². The molecular weight excluding hydrogens is 375 g/mol. The van der Waals surface area contributed by atoms with Crippen LogP contribution in [0.15, 0.2) is 60.8 Å². The van der Waals surface area contributed by atoms with Gasteiger partial charge in [-0.1, -0.05) is 18.2 Å². The van der Waals surface area contributed by atoms with Crippen LogP contribution in [0.1, 0.15) is 5.56 Å². The molecule has 144 valence electrons. The Hall–Kier alpha value is -3.18. The van der Waals surface area contributed by atoms with E-state index in [1.165, 1.54) is 6.20 Å². The molecule has 0 aliphatic heterocycles. The zero-order valence-corrected chi connectivity index (χ0v) is 16.7. The van der Waals surface area contributed by atoms with Gasteiger partial charge in [0.1, 0.15) is 24.8 Å². The molecule has 0 saturated heterocycles. The second kappa shape index (κ2) is 7.82. The molecule has 3 aromatic rings. The largest absolute Gasteiger partial charge is 0.350 e. The number of rotatable bonds is 6. The van der Waals surface area contributed by atoms with Gasteiger partial charge in [0.15, 0.2) is 0 Å². The highest BCUT2D eigenvalue weighted by molar-refractivity contribution is 7.70. The van der Waals surface area contributed by atoms with Crippen molar-refractivity contribution in [2.75, 3.05) is 24.0 Å². The lowest BCUT2D eigenvalue weighted by Gasteiger charge is -2.14. The summed E-state index contributed by atoms with van der Waals surface area (Å²) in [6, 6.07) is 16.4. The number of nitrogens with zero attached hydrogens (tertiary/aromatic N) is 2. The summed E-state index contributed by atoms with van der Waals surface area (Å²) >= 11 is 0. The number of nitro groups is 1. The fraction of sp³-hybridized carbons (Fsp3) is 0.150. The highest BCUT2D eigenvalue weighted by Crippen LogP contribution is 2.36. The molecule has 0 spiro atoms. The summed E-state index contributed by atoms with van der Waals surface area (Å²) in [7, 11) is -2.34. The second-order valence-electron chi connectivity index (χ2n) is 6.81. The van der Waals surface area contributed by atoms with Crippen LogP contribution in [0.3, 0.4) is 0 Å². The summed E-state index contributed by atoms with van der Waals surface area (Å²) in [5.74, 6) is 0.469. The average Bonchev–Trinajstić information content (AvgIpc) is 2.63. The minimum absolute atomic E-state index is 0.112. The highest BCUT2D eigenvalue weighted by Gasteiger charge is 2.17. The van der Waals surface area contributed by atoms with E-state index in [1.54, 1.807) is 19.4 Å². The predicted octanol–water partition coefficient (Wildman–Crippen LogP) is 5.03. The Balaban J connectivity index is 1.92. The van der Waals surface area contributed by atoms with Crippen LogP contribution in [-0.2, 0) is 4.57 Å². The molecular formula is C20H21N4O3P.